The van der Waals surface area contributed by atoms with Crippen LogP contribution in [0, 0.1) is 19.7 Å². The van der Waals surface area contributed by atoms with Crippen LogP contribution in [0.15, 0.2) is 36.4 Å². The summed E-state index contributed by atoms with van der Waals surface area (Å²) < 4.78 is 19.0. The number of aryl methyl sites for hydroxylation is 2. The standard InChI is InChI=1S/C18H19FO/c1-4-20-18-10-9-15(11-14(18)3)7-8-16-6-5-13(2)17(19)12-16/h5-12H,4H2,1-3H3/b8-7+. The van der Waals surface area contributed by atoms with Crippen LogP contribution in [0.2, 0.25) is 0 Å². The van der Waals surface area contributed by atoms with E-state index in [9.17, 15) is 4.39 Å². The minimum absolute atomic E-state index is 0.171. The van der Waals surface area contributed by atoms with Crippen molar-refractivity contribution in [3.63, 3.8) is 0 Å². The van der Waals surface area contributed by atoms with Gasteiger partial charge in [-0.15, -0.1) is 0 Å². The fourth-order valence-corrected chi connectivity index (χ4v) is 2.00. The second-order valence-corrected chi connectivity index (χ2v) is 4.80. The molecular weight excluding hydrogens is 251 g/mol. The topological polar surface area (TPSA) is 9.23 Å². The zero-order valence-corrected chi connectivity index (χ0v) is 12.1. The number of halogens is 1. The Labute approximate surface area is 119 Å². The van der Waals surface area contributed by atoms with Crippen molar-refractivity contribution in [2.75, 3.05) is 6.61 Å². The van der Waals surface area contributed by atoms with E-state index in [4.69, 9.17) is 4.74 Å². The highest BCUT2D eigenvalue weighted by molar-refractivity contribution is 5.70. The van der Waals surface area contributed by atoms with Crippen molar-refractivity contribution in [1.29, 1.82) is 0 Å². The van der Waals surface area contributed by atoms with Gasteiger partial charge in [-0.25, -0.2) is 4.39 Å². The maximum atomic E-state index is 13.5. The van der Waals surface area contributed by atoms with Gasteiger partial charge in [0.1, 0.15) is 11.6 Å². The smallest absolute Gasteiger partial charge is 0.126 e. The minimum Gasteiger partial charge on any atom is -0.494 e. The summed E-state index contributed by atoms with van der Waals surface area (Å²) in [5.74, 6) is 0.737. The van der Waals surface area contributed by atoms with E-state index < -0.39 is 0 Å². The van der Waals surface area contributed by atoms with Crippen LogP contribution in [0.1, 0.15) is 29.2 Å². The fraction of sp³-hybridized carbons (Fsp3) is 0.222. The molecule has 0 amide bonds. The lowest BCUT2D eigenvalue weighted by molar-refractivity contribution is 0.338. The van der Waals surface area contributed by atoms with Gasteiger partial charge in [0.2, 0.25) is 0 Å². The van der Waals surface area contributed by atoms with Gasteiger partial charge in [0, 0.05) is 0 Å². The average Bonchev–Trinajstić information content (AvgIpc) is 2.43. The Morgan fingerprint density at radius 2 is 1.60 bits per heavy atom. The highest BCUT2D eigenvalue weighted by atomic mass is 19.1. The zero-order chi connectivity index (χ0) is 14.5. The first-order valence-electron chi connectivity index (χ1n) is 6.78. The molecular formula is C18H19FO. The lowest BCUT2D eigenvalue weighted by Gasteiger charge is -2.07. The molecule has 0 aromatic heterocycles. The molecule has 104 valence electrons. The normalized spacial score (nSPS) is 11.0. The second-order valence-electron chi connectivity index (χ2n) is 4.80. The predicted octanol–water partition coefficient (Wildman–Crippen LogP) is 5.01. The summed E-state index contributed by atoms with van der Waals surface area (Å²) in [6.07, 6.45) is 3.89. The van der Waals surface area contributed by atoms with Crippen molar-refractivity contribution in [2.45, 2.75) is 20.8 Å². The summed E-state index contributed by atoms with van der Waals surface area (Å²) in [5.41, 5.74) is 3.70. The third kappa shape index (κ3) is 3.47. The van der Waals surface area contributed by atoms with Crippen molar-refractivity contribution in [1.82, 2.24) is 0 Å². The van der Waals surface area contributed by atoms with Crippen molar-refractivity contribution >= 4 is 12.2 Å². The molecule has 0 aliphatic rings. The molecule has 0 spiro atoms. The summed E-state index contributed by atoms with van der Waals surface area (Å²) in [4.78, 5) is 0. The van der Waals surface area contributed by atoms with Gasteiger partial charge in [-0.2, -0.15) is 0 Å². The first-order valence-corrected chi connectivity index (χ1v) is 6.78. The predicted molar refractivity (Wildman–Crippen MR) is 82.4 cm³/mol. The van der Waals surface area contributed by atoms with E-state index in [1.165, 1.54) is 0 Å². The van der Waals surface area contributed by atoms with Gasteiger partial charge in [-0.1, -0.05) is 30.4 Å². The van der Waals surface area contributed by atoms with E-state index >= 15 is 0 Å². The summed E-state index contributed by atoms with van der Waals surface area (Å²) in [6, 6.07) is 11.3. The first-order chi connectivity index (χ1) is 9.60. The molecule has 2 aromatic carbocycles. The molecule has 0 N–H and O–H groups in total. The van der Waals surface area contributed by atoms with Gasteiger partial charge in [0.25, 0.3) is 0 Å². The molecule has 0 saturated carbocycles. The van der Waals surface area contributed by atoms with Gasteiger partial charge in [-0.3, -0.25) is 0 Å². The third-order valence-electron chi connectivity index (χ3n) is 3.16. The van der Waals surface area contributed by atoms with E-state index in [1.54, 1.807) is 19.1 Å². The maximum absolute atomic E-state index is 13.5. The van der Waals surface area contributed by atoms with Gasteiger partial charge in [0.15, 0.2) is 0 Å². The quantitative estimate of drug-likeness (QED) is 0.709. The molecule has 2 heteroatoms. The Kier molecular flexibility index (Phi) is 4.57. The van der Waals surface area contributed by atoms with E-state index in [0.29, 0.717) is 12.2 Å². The molecule has 0 fully saturated rings. The van der Waals surface area contributed by atoms with Gasteiger partial charge in [-0.05, 0) is 61.2 Å². The molecule has 0 unspecified atom stereocenters. The Morgan fingerprint density at radius 3 is 2.20 bits per heavy atom. The molecule has 1 nitrogen and oxygen atoms in total. The second kappa shape index (κ2) is 6.38. The van der Waals surface area contributed by atoms with Gasteiger partial charge >= 0.3 is 0 Å². The average molecular weight is 270 g/mol. The molecule has 0 atom stereocenters. The van der Waals surface area contributed by atoms with Crippen LogP contribution in [0.25, 0.3) is 12.2 Å². The maximum Gasteiger partial charge on any atom is 0.126 e. The summed E-state index contributed by atoms with van der Waals surface area (Å²) >= 11 is 0. The molecule has 2 aromatic rings. The molecule has 0 heterocycles. The van der Waals surface area contributed by atoms with E-state index in [-0.39, 0.29) is 5.82 Å². The lowest BCUT2D eigenvalue weighted by atomic mass is 10.1. The minimum atomic E-state index is -0.171. The van der Waals surface area contributed by atoms with Crippen LogP contribution in [0.5, 0.6) is 5.75 Å². The molecule has 0 aliphatic heterocycles. The molecule has 2 rings (SSSR count). The molecule has 0 aliphatic carbocycles. The summed E-state index contributed by atoms with van der Waals surface area (Å²) in [6.45, 7) is 6.42. The van der Waals surface area contributed by atoms with Crippen LogP contribution >= 0.6 is 0 Å². The largest absolute Gasteiger partial charge is 0.494 e. The Balaban J connectivity index is 2.18. The van der Waals surface area contributed by atoms with Gasteiger partial charge in [0.05, 0.1) is 6.61 Å². The van der Waals surface area contributed by atoms with Crippen molar-refractivity contribution in [3.8, 4) is 5.75 Å². The lowest BCUT2D eigenvalue weighted by Crippen LogP contribution is -1.93. The van der Waals surface area contributed by atoms with Crippen LogP contribution in [0.3, 0.4) is 0 Å². The van der Waals surface area contributed by atoms with Crippen LogP contribution in [0.4, 0.5) is 4.39 Å². The van der Waals surface area contributed by atoms with Crippen LogP contribution < -0.4 is 4.74 Å². The fourth-order valence-electron chi connectivity index (χ4n) is 2.00. The number of hydrogen-bond donors (Lipinski definition) is 0. The highest BCUT2D eigenvalue weighted by Gasteiger charge is 1.99. The van der Waals surface area contributed by atoms with E-state index in [2.05, 4.69) is 6.07 Å². The van der Waals surface area contributed by atoms with E-state index in [0.717, 1.165) is 22.4 Å². The van der Waals surface area contributed by atoms with E-state index in [1.807, 2.05) is 44.2 Å². The van der Waals surface area contributed by atoms with Crippen molar-refractivity contribution < 1.29 is 9.13 Å². The zero-order valence-electron chi connectivity index (χ0n) is 12.1. The van der Waals surface area contributed by atoms with Crippen molar-refractivity contribution in [2.24, 2.45) is 0 Å². The Hall–Kier alpha value is -2.09. The number of ether oxygens (including phenoxy) is 1. The number of benzene rings is 2. The van der Waals surface area contributed by atoms with Gasteiger partial charge < -0.3 is 4.74 Å². The Morgan fingerprint density at radius 1 is 0.950 bits per heavy atom. The number of hydrogen-bond acceptors (Lipinski definition) is 1. The summed E-state index contributed by atoms with van der Waals surface area (Å²) in [7, 11) is 0. The van der Waals surface area contributed by atoms with Crippen molar-refractivity contribution in [3.05, 3.63) is 64.5 Å². The monoisotopic (exact) mass is 270 g/mol. The molecule has 20 heavy (non-hydrogen) atoms. The summed E-state index contributed by atoms with van der Waals surface area (Å²) in [5, 5.41) is 0. The first kappa shape index (κ1) is 14.3. The van der Waals surface area contributed by atoms with Crippen LogP contribution in [-0.4, -0.2) is 6.61 Å². The number of rotatable bonds is 4. The molecule has 0 radical (unpaired) electrons. The molecule has 0 bridgehead atoms. The molecule has 0 saturated heterocycles. The SMILES string of the molecule is CCOc1ccc(/C=C/c2ccc(C)c(F)c2)cc1C. The highest BCUT2D eigenvalue weighted by Crippen LogP contribution is 2.20. The Bertz CT molecular complexity index is 629. The third-order valence-corrected chi connectivity index (χ3v) is 3.16. The van der Waals surface area contributed by atoms with Crippen LogP contribution in [-0.2, 0) is 0 Å².